The zero-order valence-corrected chi connectivity index (χ0v) is 9.48. The largest absolute Gasteiger partial charge is 0.459 e. The van der Waals surface area contributed by atoms with Crippen molar-refractivity contribution in [2.24, 2.45) is 0 Å². The molecule has 0 amide bonds. The molecule has 13 heavy (non-hydrogen) atoms. The summed E-state index contributed by atoms with van der Waals surface area (Å²) in [7, 11) is 0. The average molecular weight is 206 g/mol. The Labute approximate surface area is 83.9 Å². The minimum Gasteiger partial charge on any atom is -0.459 e. The van der Waals surface area contributed by atoms with E-state index in [1.54, 1.807) is 0 Å². The van der Waals surface area contributed by atoms with Crippen LogP contribution in [-0.2, 0) is 9.53 Å². The highest BCUT2D eigenvalue weighted by Gasteiger charge is 2.16. The molecule has 3 nitrogen and oxygen atoms in total. The first kappa shape index (κ1) is 12.8. The Bertz CT molecular complexity index is 163. The second-order valence-corrected chi connectivity index (χ2v) is 5.32. The fourth-order valence-electron chi connectivity index (χ4n) is 0.634. The quantitative estimate of drug-likeness (QED) is 0.707. The zero-order chi connectivity index (χ0) is 10.5. The standard InChI is InChI=1S/C9H18O3S/c1-7(5-10)13-6-8(11)12-9(2,3)4/h7,10H,5-6H2,1-4H3. The van der Waals surface area contributed by atoms with Crippen LogP contribution in [0, 0.1) is 0 Å². The summed E-state index contributed by atoms with van der Waals surface area (Å²) >= 11 is 1.40. The van der Waals surface area contributed by atoms with Crippen molar-refractivity contribution < 1.29 is 14.6 Å². The lowest BCUT2D eigenvalue weighted by atomic mass is 10.2. The Kier molecular flexibility index (Phi) is 5.40. The molecule has 0 bridgehead atoms. The van der Waals surface area contributed by atoms with Crippen molar-refractivity contribution in [1.82, 2.24) is 0 Å². The van der Waals surface area contributed by atoms with E-state index in [-0.39, 0.29) is 17.8 Å². The molecule has 78 valence electrons. The fourth-order valence-corrected chi connectivity index (χ4v) is 1.22. The third kappa shape index (κ3) is 8.12. The van der Waals surface area contributed by atoms with Gasteiger partial charge >= 0.3 is 5.97 Å². The van der Waals surface area contributed by atoms with Gasteiger partial charge in [0.05, 0.1) is 12.4 Å². The van der Waals surface area contributed by atoms with Gasteiger partial charge in [0.2, 0.25) is 0 Å². The first-order chi connectivity index (χ1) is 5.85. The van der Waals surface area contributed by atoms with Gasteiger partial charge in [0, 0.05) is 5.25 Å². The van der Waals surface area contributed by atoms with E-state index in [1.165, 1.54) is 11.8 Å². The minimum absolute atomic E-state index is 0.0903. The molecule has 0 aliphatic heterocycles. The van der Waals surface area contributed by atoms with Gasteiger partial charge in [-0.15, -0.1) is 11.8 Å². The number of carbonyl (C=O) groups excluding carboxylic acids is 1. The van der Waals surface area contributed by atoms with E-state index in [4.69, 9.17) is 9.84 Å². The van der Waals surface area contributed by atoms with E-state index < -0.39 is 5.60 Å². The lowest BCUT2D eigenvalue weighted by Crippen LogP contribution is -2.25. The van der Waals surface area contributed by atoms with E-state index >= 15 is 0 Å². The molecule has 1 N–H and O–H groups in total. The van der Waals surface area contributed by atoms with Gasteiger partial charge in [-0.3, -0.25) is 4.79 Å². The van der Waals surface area contributed by atoms with Gasteiger partial charge < -0.3 is 9.84 Å². The second-order valence-electron chi connectivity index (χ2n) is 3.89. The van der Waals surface area contributed by atoms with E-state index in [2.05, 4.69) is 0 Å². The molecule has 0 spiro atoms. The summed E-state index contributed by atoms with van der Waals surface area (Å²) in [5, 5.41) is 8.80. The number of esters is 1. The number of aliphatic hydroxyl groups is 1. The molecule has 0 fully saturated rings. The molecule has 0 heterocycles. The van der Waals surface area contributed by atoms with Crippen molar-refractivity contribution in [3.63, 3.8) is 0 Å². The molecule has 4 heteroatoms. The van der Waals surface area contributed by atoms with Crippen LogP contribution in [0.2, 0.25) is 0 Å². The molecule has 1 unspecified atom stereocenters. The predicted molar refractivity (Wildman–Crippen MR) is 54.9 cm³/mol. The Morgan fingerprint density at radius 1 is 1.54 bits per heavy atom. The van der Waals surface area contributed by atoms with Gasteiger partial charge in [-0.25, -0.2) is 0 Å². The Hall–Kier alpha value is -0.220. The number of rotatable bonds is 4. The Morgan fingerprint density at radius 3 is 2.46 bits per heavy atom. The number of hydrogen-bond donors (Lipinski definition) is 1. The Balaban J connectivity index is 3.64. The van der Waals surface area contributed by atoms with Crippen molar-refractivity contribution >= 4 is 17.7 Å². The topological polar surface area (TPSA) is 46.5 Å². The summed E-state index contributed by atoms with van der Waals surface area (Å²) in [5.74, 6) is 0.0803. The summed E-state index contributed by atoms with van der Waals surface area (Å²) in [6.45, 7) is 7.48. The van der Waals surface area contributed by atoms with Crippen LogP contribution in [0.15, 0.2) is 0 Å². The lowest BCUT2D eigenvalue weighted by molar-refractivity contribution is -0.151. The summed E-state index contributed by atoms with van der Waals surface area (Å²) in [5.41, 5.74) is -0.417. The number of carbonyl (C=O) groups is 1. The van der Waals surface area contributed by atoms with Crippen molar-refractivity contribution in [2.45, 2.75) is 38.5 Å². The monoisotopic (exact) mass is 206 g/mol. The van der Waals surface area contributed by atoms with E-state index in [9.17, 15) is 4.79 Å². The first-order valence-electron chi connectivity index (χ1n) is 4.29. The van der Waals surface area contributed by atoms with Crippen LogP contribution in [0.25, 0.3) is 0 Å². The van der Waals surface area contributed by atoms with Gasteiger partial charge in [0.15, 0.2) is 0 Å². The molecule has 0 aromatic rings. The third-order valence-corrected chi connectivity index (χ3v) is 2.28. The SMILES string of the molecule is CC(CO)SCC(=O)OC(C)(C)C. The highest BCUT2D eigenvalue weighted by Crippen LogP contribution is 2.13. The zero-order valence-electron chi connectivity index (χ0n) is 8.66. The van der Waals surface area contributed by atoms with Gasteiger partial charge in [-0.2, -0.15) is 0 Å². The molecular formula is C9H18O3S. The third-order valence-electron chi connectivity index (χ3n) is 1.16. The van der Waals surface area contributed by atoms with Crippen LogP contribution in [0.4, 0.5) is 0 Å². The smallest absolute Gasteiger partial charge is 0.316 e. The molecular weight excluding hydrogens is 188 g/mol. The maximum absolute atomic E-state index is 11.2. The van der Waals surface area contributed by atoms with Crippen molar-refractivity contribution in [1.29, 1.82) is 0 Å². The summed E-state index contributed by atoms with van der Waals surface area (Å²) < 4.78 is 5.09. The number of thioether (sulfide) groups is 1. The van der Waals surface area contributed by atoms with Crippen LogP contribution < -0.4 is 0 Å². The van der Waals surface area contributed by atoms with Crippen molar-refractivity contribution in [2.75, 3.05) is 12.4 Å². The molecule has 0 rings (SSSR count). The lowest BCUT2D eigenvalue weighted by Gasteiger charge is -2.19. The molecule has 0 aliphatic carbocycles. The van der Waals surface area contributed by atoms with Crippen LogP contribution in [-0.4, -0.2) is 34.3 Å². The second kappa shape index (κ2) is 5.50. The normalized spacial score (nSPS) is 13.9. The molecule has 0 saturated carbocycles. The Morgan fingerprint density at radius 2 is 2.08 bits per heavy atom. The maximum atomic E-state index is 11.2. The number of aliphatic hydroxyl groups excluding tert-OH is 1. The van der Waals surface area contributed by atoms with E-state index in [0.29, 0.717) is 5.75 Å². The summed E-state index contributed by atoms with van der Waals surface area (Å²) in [6.07, 6.45) is 0. The summed E-state index contributed by atoms with van der Waals surface area (Å²) in [6, 6.07) is 0. The van der Waals surface area contributed by atoms with Gasteiger partial charge in [0.1, 0.15) is 5.60 Å². The molecule has 0 saturated heterocycles. The fraction of sp³-hybridized carbons (Fsp3) is 0.889. The van der Waals surface area contributed by atoms with Gasteiger partial charge in [-0.05, 0) is 20.8 Å². The summed E-state index contributed by atoms with van der Waals surface area (Å²) in [4.78, 5) is 11.2. The maximum Gasteiger partial charge on any atom is 0.316 e. The molecule has 0 aromatic carbocycles. The number of ether oxygens (including phenoxy) is 1. The highest BCUT2D eigenvalue weighted by molar-refractivity contribution is 8.00. The molecule has 1 atom stereocenters. The highest BCUT2D eigenvalue weighted by atomic mass is 32.2. The van der Waals surface area contributed by atoms with E-state index in [1.807, 2.05) is 27.7 Å². The molecule has 0 aromatic heterocycles. The van der Waals surface area contributed by atoms with Crippen LogP contribution in [0.5, 0.6) is 0 Å². The molecule has 0 aliphatic rings. The average Bonchev–Trinajstić information content (AvgIpc) is 1.97. The first-order valence-corrected chi connectivity index (χ1v) is 5.34. The van der Waals surface area contributed by atoms with Crippen LogP contribution >= 0.6 is 11.8 Å². The van der Waals surface area contributed by atoms with Crippen molar-refractivity contribution in [3.05, 3.63) is 0 Å². The van der Waals surface area contributed by atoms with Gasteiger partial charge in [0.25, 0.3) is 0 Å². The van der Waals surface area contributed by atoms with Crippen molar-refractivity contribution in [3.8, 4) is 0 Å². The minimum atomic E-state index is -0.417. The number of hydrogen-bond acceptors (Lipinski definition) is 4. The van der Waals surface area contributed by atoms with E-state index in [0.717, 1.165) is 0 Å². The van der Waals surface area contributed by atoms with Crippen LogP contribution in [0.3, 0.4) is 0 Å². The van der Waals surface area contributed by atoms with Gasteiger partial charge in [-0.1, -0.05) is 6.92 Å². The predicted octanol–water partition coefficient (Wildman–Crippen LogP) is 1.44. The van der Waals surface area contributed by atoms with Crippen LogP contribution in [0.1, 0.15) is 27.7 Å². The molecule has 0 radical (unpaired) electrons.